The third-order valence-electron chi connectivity index (χ3n) is 3.27. The lowest BCUT2D eigenvalue weighted by Gasteiger charge is -2.24. The Hall–Kier alpha value is -2.54. The van der Waals surface area contributed by atoms with Crippen molar-refractivity contribution < 1.29 is 17.9 Å². The Balaban J connectivity index is 2.09. The minimum Gasteiger partial charge on any atom is -0.443 e. The van der Waals surface area contributed by atoms with Gasteiger partial charge in [-0.25, -0.2) is 13.2 Å². The maximum absolute atomic E-state index is 12.3. The zero-order valence-electron chi connectivity index (χ0n) is 13.5. The Morgan fingerprint density at radius 3 is 2.21 bits per heavy atom. The smallest absolute Gasteiger partial charge is 0.405 e. The van der Waals surface area contributed by atoms with Crippen LogP contribution < -0.4 is 10.5 Å². The standard InChI is InChI=1S/C17H20N2O4S/c1-17(2,23-16(18)20)12-13-8-10-14(11-9-13)19-24(21,22)15-6-4-3-5-7-15/h3-11,19H,12H2,1-2H3,(H2,18,20). The summed E-state index contributed by atoms with van der Waals surface area (Å²) in [5.41, 5.74) is 5.65. The molecule has 0 radical (unpaired) electrons. The fourth-order valence-electron chi connectivity index (χ4n) is 2.30. The summed E-state index contributed by atoms with van der Waals surface area (Å²) in [6.07, 6.45) is -0.367. The second kappa shape index (κ2) is 6.92. The molecule has 3 N–H and O–H groups in total. The minimum absolute atomic E-state index is 0.199. The van der Waals surface area contributed by atoms with Crippen molar-refractivity contribution in [2.24, 2.45) is 5.73 Å². The molecule has 7 heteroatoms. The van der Waals surface area contributed by atoms with E-state index in [9.17, 15) is 13.2 Å². The monoisotopic (exact) mass is 348 g/mol. The summed E-state index contributed by atoms with van der Waals surface area (Å²) in [6.45, 7) is 3.51. The van der Waals surface area contributed by atoms with Crippen LogP contribution >= 0.6 is 0 Å². The summed E-state index contributed by atoms with van der Waals surface area (Å²) < 4.78 is 32.1. The van der Waals surface area contributed by atoms with E-state index in [0.717, 1.165) is 5.56 Å². The van der Waals surface area contributed by atoms with Gasteiger partial charge in [0, 0.05) is 12.1 Å². The van der Waals surface area contributed by atoms with Gasteiger partial charge in [-0.2, -0.15) is 0 Å². The van der Waals surface area contributed by atoms with Gasteiger partial charge in [-0.15, -0.1) is 0 Å². The van der Waals surface area contributed by atoms with E-state index in [1.54, 1.807) is 56.3 Å². The number of amides is 1. The zero-order chi connectivity index (χ0) is 17.8. The maximum atomic E-state index is 12.3. The van der Waals surface area contributed by atoms with E-state index < -0.39 is 21.7 Å². The van der Waals surface area contributed by atoms with Gasteiger partial charge in [-0.3, -0.25) is 4.72 Å². The first-order valence-electron chi connectivity index (χ1n) is 7.33. The minimum atomic E-state index is -3.61. The summed E-state index contributed by atoms with van der Waals surface area (Å²) in [4.78, 5) is 11.1. The molecule has 0 fully saturated rings. The van der Waals surface area contributed by atoms with Crippen LogP contribution in [0.15, 0.2) is 59.5 Å². The number of carbonyl (C=O) groups is 1. The Morgan fingerprint density at radius 1 is 1.08 bits per heavy atom. The maximum Gasteiger partial charge on any atom is 0.405 e. The molecule has 0 saturated heterocycles. The molecular formula is C17H20N2O4S. The largest absolute Gasteiger partial charge is 0.443 e. The first-order valence-corrected chi connectivity index (χ1v) is 8.81. The van der Waals surface area contributed by atoms with Crippen molar-refractivity contribution in [3.63, 3.8) is 0 Å². The van der Waals surface area contributed by atoms with E-state index in [0.29, 0.717) is 12.1 Å². The second-order valence-corrected chi connectivity index (χ2v) is 7.66. The van der Waals surface area contributed by atoms with Gasteiger partial charge in [-0.05, 0) is 43.7 Å². The highest BCUT2D eigenvalue weighted by molar-refractivity contribution is 7.92. The highest BCUT2D eigenvalue weighted by Crippen LogP contribution is 2.20. The number of nitrogens with two attached hydrogens (primary N) is 1. The summed E-state index contributed by atoms with van der Waals surface area (Å²) in [6, 6.07) is 15.0. The average Bonchev–Trinajstić information content (AvgIpc) is 2.48. The van der Waals surface area contributed by atoms with Crippen molar-refractivity contribution in [2.75, 3.05) is 4.72 Å². The molecule has 2 aromatic carbocycles. The van der Waals surface area contributed by atoms with Gasteiger partial charge in [0.2, 0.25) is 0 Å². The predicted octanol–water partition coefficient (Wildman–Crippen LogP) is 2.90. The summed E-state index contributed by atoms with van der Waals surface area (Å²) >= 11 is 0. The number of benzene rings is 2. The summed E-state index contributed by atoms with van der Waals surface area (Å²) in [5, 5.41) is 0. The molecule has 0 aliphatic heterocycles. The van der Waals surface area contributed by atoms with Crippen LogP contribution in [0.4, 0.5) is 10.5 Å². The number of anilines is 1. The number of carbonyl (C=O) groups excluding carboxylic acids is 1. The average molecular weight is 348 g/mol. The molecule has 0 bridgehead atoms. The van der Waals surface area contributed by atoms with E-state index in [1.165, 1.54) is 12.1 Å². The third-order valence-corrected chi connectivity index (χ3v) is 4.66. The zero-order valence-corrected chi connectivity index (χ0v) is 14.3. The van der Waals surface area contributed by atoms with Crippen molar-refractivity contribution in [3.8, 4) is 0 Å². The lowest BCUT2D eigenvalue weighted by atomic mass is 9.98. The highest BCUT2D eigenvalue weighted by Gasteiger charge is 2.22. The van der Waals surface area contributed by atoms with Gasteiger partial charge in [-0.1, -0.05) is 30.3 Å². The Labute approximate surface area is 141 Å². The van der Waals surface area contributed by atoms with Crippen LogP contribution in [0, 0.1) is 0 Å². The van der Waals surface area contributed by atoms with Gasteiger partial charge in [0.1, 0.15) is 5.60 Å². The lowest BCUT2D eigenvalue weighted by molar-refractivity contribution is 0.0460. The van der Waals surface area contributed by atoms with Crippen LogP contribution in [-0.2, 0) is 21.2 Å². The van der Waals surface area contributed by atoms with Crippen LogP contribution in [0.5, 0.6) is 0 Å². The van der Waals surface area contributed by atoms with E-state index in [1.807, 2.05) is 0 Å². The van der Waals surface area contributed by atoms with Gasteiger partial charge in [0.25, 0.3) is 10.0 Å². The topological polar surface area (TPSA) is 98.5 Å². The molecular weight excluding hydrogens is 328 g/mol. The number of hydrogen-bond acceptors (Lipinski definition) is 4. The van der Waals surface area contributed by atoms with Gasteiger partial charge < -0.3 is 10.5 Å². The molecule has 128 valence electrons. The SMILES string of the molecule is CC(C)(Cc1ccc(NS(=O)(=O)c2ccccc2)cc1)OC(N)=O. The molecule has 0 aliphatic carbocycles. The van der Waals surface area contributed by atoms with Crippen LogP contribution in [0.2, 0.25) is 0 Å². The number of sulfonamides is 1. The molecule has 2 rings (SSSR count). The molecule has 0 unspecified atom stereocenters. The van der Waals surface area contributed by atoms with Gasteiger partial charge >= 0.3 is 6.09 Å². The fraction of sp³-hybridized carbons (Fsp3) is 0.235. The van der Waals surface area contributed by atoms with Gasteiger partial charge in [0.15, 0.2) is 0 Å². The molecule has 6 nitrogen and oxygen atoms in total. The Bertz CT molecular complexity index is 800. The van der Waals surface area contributed by atoms with Crippen LogP contribution in [0.1, 0.15) is 19.4 Å². The second-order valence-electron chi connectivity index (χ2n) is 5.97. The Morgan fingerprint density at radius 2 is 1.67 bits per heavy atom. The van der Waals surface area contributed by atoms with Crippen molar-refractivity contribution in [3.05, 3.63) is 60.2 Å². The lowest BCUT2D eigenvalue weighted by Crippen LogP contribution is -2.33. The normalized spacial score (nSPS) is 11.8. The summed E-state index contributed by atoms with van der Waals surface area (Å²) in [7, 11) is -3.61. The highest BCUT2D eigenvalue weighted by atomic mass is 32.2. The van der Waals surface area contributed by atoms with Crippen LogP contribution in [0.25, 0.3) is 0 Å². The van der Waals surface area contributed by atoms with Crippen LogP contribution in [0.3, 0.4) is 0 Å². The number of nitrogens with one attached hydrogen (secondary N) is 1. The molecule has 2 aromatic rings. The first kappa shape index (κ1) is 17.8. The first-order chi connectivity index (χ1) is 11.2. The van der Waals surface area contributed by atoms with Crippen molar-refractivity contribution >= 4 is 21.8 Å². The molecule has 0 aromatic heterocycles. The molecule has 0 aliphatic rings. The quantitative estimate of drug-likeness (QED) is 0.838. The number of hydrogen-bond donors (Lipinski definition) is 2. The Kier molecular flexibility index (Phi) is 5.14. The molecule has 0 atom stereocenters. The van der Waals surface area contributed by atoms with Gasteiger partial charge in [0.05, 0.1) is 4.90 Å². The molecule has 0 saturated carbocycles. The predicted molar refractivity (Wildman–Crippen MR) is 92.1 cm³/mol. The number of ether oxygens (including phenoxy) is 1. The summed E-state index contributed by atoms with van der Waals surface area (Å²) in [5.74, 6) is 0. The number of rotatable bonds is 6. The third kappa shape index (κ3) is 4.99. The fourth-order valence-corrected chi connectivity index (χ4v) is 3.38. The van der Waals surface area contributed by atoms with Crippen molar-refractivity contribution in [1.29, 1.82) is 0 Å². The van der Waals surface area contributed by atoms with E-state index in [4.69, 9.17) is 10.5 Å². The molecule has 24 heavy (non-hydrogen) atoms. The molecule has 0 spiro atoms. The van der Waals surface area contributed by atoms with E-state index >= 15 is 0 Å². The van der Waals surface area contributed by atoms with E-state index in [-0.39, 0.29) is 4.90 Å². The molecule has 1 amide bonds. The van der Waals surface area contributed by atoms with E-state index in [2.05, 4.69) is 4.72 Å². The van der Waals surface area contributed by atoms with Crippen molar-refractivity contribution in [2.45, 2.75) is 30.8 Å². The number of primary amides is 1. The molecule has 0 heterocycles. The van der Waals surface area contributed by atoms with Crippen molar-refractivity contribution in [1.82, 2.24) is 0 Å². The van der Waals surface area contributed by atoms with Crippen LogP contribution in [-0.4, -0.2) is 20.1 Å².